The van der Waals surface area contributed by atoms with Crippen molar-refractivity contribution in [3.05, 3.63) is 23.6 Å². The zero-order chi connectivity index (χ0) is 13.2. The predicted octanol–water partition coefficient (Wildman–Crippen LogP) is 1.70. The first-order valence-corrected chi connectivity index (χ1v) is 6.92. The highest BCUT2D eigenvalue weighted by atomic mass is 19.1. The molecule has 0 aromatic carbocycles. The number of methoxy groups -OCH3 is 1. The van der Waals surface area contributed by atoms with E-state index in [9.17, 15) is 4.39 Å². The molecule has 1 saturated carbocycles. The van der Waals surface area contributed by atoms with Gasteiger partial charge in [-0.25, -0.2) is 9.37 Å². The zero-order valence-electron chi connectivity index (χ0n) is 11.2. The highest BCUT2D eigenvalue weighted by molar-refractivity contribution is 5.44. The minimum atomic E-state index is -0.188. The average Bonchev–Trinajstić information content (AvgIpc) is 3.13. The molecule has 1 saturated heterocycles. The molecule has 2 aliphatic rings. The first kappa shape index (κ1) is 12.8. The third kappa shape index (κ3) is 2.87. The van der Waals surface area contributed by atoms with Gasteiger partial charge in [-0.05, 0) is 25.3 Å². The van der Waals surface area contributed by atoms with Crippen LogP contribution in [0.1, 0.15) is 24.8 Å². The number of rotatable bonds is 5. The van der Waals surface area contributed by atoms with Crippen molar-refractivity contribution in [2.24, 2.45) is 0 Å². The van der Waals surface area contributed by atoms with Crippen LogP contribution in [0.2, 0.25) is 0 Å². The highest BCUT2D eigenvalue weighted by Gasteiger charge is 2.26. The normalized spacial score (nSPS) is 23.1. The van der Waals surface area contributed by atoms with Crippen LogP contribution in [0.5, 0.6) is 0 Å². The quantitative estimate of drug-likeness (QED) is 0.879. The highest BCUT2D eigenvalue weighted by Crippen LogP contribution is 2.25. The number of nitrogens with zero attached hydrogens (tertiary/aromatic N) is 2. The third-order valence-corrected chi connectivity index (χ3v) is 3.89. The molecule has 1 aromatic rings. The molecule has 1 aliphatic carbocycles. The van der Waals surface area contributed by atoms with Crippen LogP contribution in [-0.2, 0) is 11.3 Å². The van der Waals surface area contributed by atoms with Crippen molar-refractivity contribution >= 4 is 5.82 Å². The lowest BCUT2D eigenvalue weighted by molar-refractivity contribution is 0.121. The molecule has 0 bridgehead atoms. The Hall–Kier alpha value is -1.20. The molecule has 3 rings (SSSR count). The Morgan fingerprint density at radius 3 is 3.00 bits per heavy atom. The maximum absolute atomic E-state index is 14.4. The summed E-state index contributed by atoms with van der Waals surface area (Å²) in [6.45, 7) is 2.12. The largest absolute Gasteiger partial charge is 0.380 e. The summed E-state index contributed by atoms with van der Waals surface area (Å²) in [5, 5.41) is 3.34. The Bertz CT molecular complexity index is 450. The average molecular weight is 265 g/mol. The van der Waals surface area contributed by atoms with Crippen molar-refractivity contribution in [3.8, 4) is 0 Å². The van der Waals surface area contributed by atoms with Gasteiger partial charge < -0.3 is 15.0 Å². The van der Waals surface area contributed by atoms with Crippen LogP contribution in [0.25, 0.3) is 0 Å². The summed E-state index contributed by atoms with van der Waals surface area (Å²) in [5.41, 5.74) is 0.706. The van der Waals surface area contributed by atoms with Crippen LogP contribution in [0.15, 0.2) is 12.3 Å². The maximum Gasteiger partial charge on any atom is 0.170 e. The molecule has 4 nitrogen and oxygen atoms in total. The van der Waals surface area contributed by atoms with Crippen molar-refractivity contribution in [3.63, 3.8) is 0 Å². The summed E-state index contributed by atoms with van der Waals surface area (Å²) in [4.78, 5) is 6.18. The number of hydrogen-bond acceptors (Lipinski definition) is 4. The van der Waals surface area contributed by atoms with E-state index in [0.29, 0.717) is 24.0 Å². The Kier molecular flexibility index (Phi) is 3.66. The summed E-state index contributed by atoms with van der Waals surface area (Å²) >= 11 is 0. The minimum absolute atomic E-state index is 0.188. The summed E-state index contributed by atoms with van der Waals surface area (Å²) < 4.78 is 19.8. The van der Waals surface area contributed by atoms with Gasteiger partial charge in [0.05, 0.1) is 6.10 Å². The zero-order valence-corrected chi connectivity index (χ0v) is 11.2. The Labute approximate surface area is 113 Å². The molecular formula is C14H20FN3O. The molecule has 1 aliphatic heterocycles. The van der Waals surface area contributed by atoms with Crippen LogP contribution in [0, 0.1) is 5.82 Å². The SMILES string of the molecule is COC1CCN(c2nccc(CNC3CC3)c2F)C1. The van der Waals surface area contributed by atoms with Crippen molar-refractivity contribution < 1.29 is 9.13 Å². The summed E-state index contributed by atoms with van der Waals surface area (Å²) in [7, 11) is 1.70. The van der Waals surface area contributed by atoms with Crippen molar-refractivity contribution in [2.45, 2.75) is 38.0 Å². The van der Waals surface area contributed by atoms with Crippen LogP contribution >= 0.6 is 0 Å². The summed E-state index contributed by atoms with van der Waals surface area (Å²) in [6.07, 6.45) is 5.24. The third-order valence-electron chi connectivity index (χ3n) is 3.89. The molecule has 1 N–H and O–H groups in total. The van der Waals surface area contributed by atoms with Crippen LogP contribution in [0.3, 0.4) is 0 Å². The van der Waals surface area contributed by atoms with Gasteiger partial charge >= 0.3 is 0 Å². The number of nitrogens with one attached hydrogen (secondary N) is 1. The Morgan fingerprint density at radius 1 is 1.47 bits per heavy atom. The lowest BCUT2D eigenvalue weighted by Gasteiger charge is -2.19. The molecule has 0 spiro atoms. The van der Waals surface area contributed by atoms with Crippen LogP contribution < -0.4 is 10.2 Å². The number of ether oxygens (including phenoxy) is 1. The van der Waals surface area contributed by atoms with E-state index in [-0.39, 0.29) is 11.9 Å². The smallest absolute Gasteiger partial charge is 0.170 e. The maximum atomic E-state index is 14.4. The molecule has 1 aromatic heterocycles. The monoisotopic (exact) mass is 265 g/mol. The standard InChI is InChI=1S/C14H20FN3O/c1-19-12-5-7-18(9-12)14-13(15)10(4-6-16-14)8-17-11-2-3-11/h4,6,11-12,17H,2-3,5,7-9H2,1H3. The number of aromatic nitrogens is 1. The van der Waals surface area contributed by atoms with Crippen LogP contribution in [0.4, 0.5) is 10.2 Å². The first-order chi connectivity index (χ1) is 9.28. The van der Waals surface area contributed by atoms with Crippen molar-refractivity contribution in [2.75, 3.05) is 25.1 Å². The van der Waals surface area contributed by atoms with Gasteiger partial charge in [0.2, 0.25) is 0 Å². The van der Waals surface area contributed by atoms with E-state index in [2.05, 4.69) is 10.3 Å². The number of hydrogen-bond donors (Lipinski definition) is 1. The van der Waals surface area contributed by atoms with Gasteiger partial charge in [0.15, 0.2) is 11.6 Å². The number of anilines is 1. The van der Waals surface area contributed by atoms with E-state index in [0.717, 1.165) is 19.5 Å². The van der Waals surface area contributed by atoms with E-state index < -0.39 is 0 Å². The molecule has 1 unspecified atom stereocenters. The van der Waals surface area contributed by atoms with Gasteiger partial charge in [0, 0.05) is 44.5 Å². The summed E-state index contributed by atoms with van der Waals surface area (Å²) in [6, 6.07) is 2.35. The van der Waals surface area contributed by atoms with Crippen LogP contribution in [-0.4, -0.2) is 37.3 Å². The number of pyridine rings is 1. The molecule has 2 fully saturated rings. The van der Waals surface area contributed by atoms with E-state index >= 15 is 0 Å². The van der Waals surface area contributed by atoms with Crippen molar-refractivity contribution in [1.29, 1.82) is 0 Å². The molecular weight excluding hydrogens is 245 g/mol. The first-order valence-electron chi connectivity index (χ1n) is 6.92. The lowest BCUT2D eigenvalue weighted by Crippen LogP contribution is -2.25. The van der Waals surface area contributed by atoms with E-state index in [4.69, 9.17) is 4.74 Å². The molecule has 0 amide bonds. The second-order valence-electron chi connectivity index (χ2n) is 5.36. The molecule has 1 atom stereocenters. The van der Waals surface area contributed by atoms with Crippen molar-refractivity contribution in [1.82, 2.24) is 10.3 Å². The predicted molar refractivity (Wildman–Crippen MR) is 71.7 cm³/mol. The van der Waals surface area contributed by atoms with Gasteiger partial charge in [-0.15, -0.1) is 0 Å². The molecule has 19 heavy (non-hydrogen) atoms. The Morgan fingerprint density at radius 2 is 2.32 bits per heavy atom. The molecule has 0 radical (unpaired) electrons. The lowest BCUT2D eigenvalue weighted by atomic mass is 10.2. The molecule has 2 heterocycles. The van der Waals surface area contributed by atoms with Gasteiger partial charge in [-0.1, -0.05) is 0 Å². The fraction of sp³-hybridized carbons (Fsp3) is 0.643. The topological polar surface area (TPSA) is 37.4 Å². The minimum Gasteiger partial charge on any atom is -0.380 e. The van der Waals surface area contributed by atoms with E-state index in [1.165, 1.54) is 12.8 Å². The second kappa shape index (κ2) is 5.43. The molecule has 5 heteroatoms. The van der Waals surface area contributed by atoms with Gasteiger partial charge in [-0.3, -0.25) is 0 Å². The molecule has 104 valence electrons. The fourth-order valence-electron chi connectivity index (χ4n) is 2.48. The Balaban J connectivity index is 1.71. The van der Waals surface area contributed by atoms with Gasteiger partial charge in [-0.2, -0.15) is 0 Å². The number of halogens is 1. The fourth-order valence-corrected chi connectivity index (χ4v) is 2.48. The summed E-state index contributed by atoms with van der Waals surface area (Å²) in [5.74, 6) is 0.280. The second-order valence-corrected chi connectivity index (χ2v) is 5.36. The van der Waals surface area contributed by atoms with Gasteiger partial charge in [0.1, 0.15) is 0 Å². The van der Waals surface area contributed by atoms with E-state index in [1.807, 2.05) is 4.90 Å². The van der Waals surface area contributed by atoms with Gasteiger partial charge in [0.25, 0.3) is 0 Å². The van der Waals surface area contributed by atoms with E-state index in [1.54, 1.807) is 19.4 Å².